The average Bonchev–Trinajstić information content (AvgIpc) is 2.66. The summed E-state index contributed by atoms with van der Waals surface area (Å²) in [5, 5.41) is 2.63. The molecule has 0 saturated heterocycles. The highest BCUT2D eigenvalue weighted by atomic mass is 16.2. The largest absolute Gasteiger partial charge is 0.372 e. The number of carbonyl (C=O) groups excluding carboxylic acids is 2. The van der Waals surface area contributed by atoms with E-state index in [1.807, 2.05) is 32.0 Å². The lowest BCUT2D eigenvalue weighted by molar-refractivity contribution is -0.114. The van der Waals surface area contributed by atoms with Gasteiger partial charge in [-0.05, 0) is 38.1 Å². The van der Waals surface area contributed by atoms with Gasteiger partial charge >= 0.3 is 0 Å². The van der Waals surface area contributed by atoms with Gasteiger partial charge in [-0.2, -0.15) is 0 Å². The average molecular weight is 406 g/mol. The van der Waals surface area contributed by atoms with Crippen molar-refractivity contribution < 1.29 is 9.59 Å². The lowest BCUT2D eigenvalue weighted by atomic mass is 9.76. The summed E-state index contributed by atoms with van der Waals surface area (Å²) in [6.07, 6.45) is 0.202. The van der Waals surface area contributed by atoms with Crippen molar-refractivity contribution >= 4 is 34.2 Å². The van der Waals surface area contributed by atoms with Crippen LogP contribution in [0.5, 0.6) is 0 Å². The third-order valence-corrected chi connectivity index (χ3v) is 5.86. The van der Waals surface area contributed by atoms with Gasteiger partial charge in [0, 0.05) is 43.1 Å². The maximum absolute atomic E-state index is 13.3. The Balaban J connectivity index is 2.14. The van der Waals surface area contributed by atoms with Crippen molar-refractivity contribution in [3.05, 3.63) is 40.1 Å². The molecule has 0 unspecified atom stereocenters. The van der Waals surface area contributed by atoms with Crippen LogP contribution >= 0.6 is 0 Å². The highest BCUT2D eigenvalue weighted by Crippen LogP contribution is 2.41. The Morgan fingerprint density at radius 2 is 1.90 bits per heavy atom. The van der Waals surface area contributed by atoms with E-state index in [1.165, 1.54) is 6.92 Å². The summed E-state index contributed by atoms with van der Waals surface area (Å²) in [7, 11) is 0. The number of nitrogens with one attached hydrogen (secondary N) is 1. The van der Waals surface area contributed by atoms with Crippen molar-refractivity contribution in [1.29, 1.82) is 0 Å². The van der Waals surface area contributed by atoms with Gasteiger partial charge in [0.25, 0.3) is 0 Å². The van der Waals surface area contributed by atoms with E-state index in [9.17, 15) is 14.4 Å². The van der Waals surface area contributed by atoms with Crippen molar-refractivity contribution in [3.63, 3.8) is 0 Å². The van der Waals surface area contributed by atoms with Crippen LogP contribution in [-0.2, 0) is 10.2 Å². The number of amides is 1. The molecule has 1 aliphatic carbocycles. The number of anilines is 2. The third-order valence-electron chi connectivity index (χ3n) is 5.86. The van der Waals surface area contributed by atoms with E-state index >= 15 is 0 Å². The van der Waals surface area contributed by atoms with Gasteiger partial charge in [0.15, 0.2) is 0 Å². The summed E-state index contributed by atoms with van der Waals surface area (Å²) >= 11 is 0. The van der Waals surface area contributed by atoms with Gasteiger partial charge in [0.05, 0.1) is 28.1 Å². The Kier molecular flexibility index (Phi) is 4.64. The van der Waals surface area contributed by atoms with Crippen molar-refractivity contribution in [3.8, 4) is 11.4 Å². The summed E-state index contributed by atoms with van der Waals surface area (Å²) in [5.41, 5.74) is 3.24. The minimum Gasteiger partial charge on any atom is -0.372 e. The van der Waals surface area contributed by atoms with Gasteiger partial charge in [-0.3, -0.25) is 19.0 Å². The predicted octanol–water partition coefficient (Wildman–Crippen LogP) is 3.63. The summed E-state index contributed by atoms with van der Waals surface area (Å²) in [6.45, 7) is 11.0. The molecule has 1 aromatic rings. The molecule has 156 valence electrons. The van der Waals surface area contributed by atoms with E-state index in [1.54, 1.807) is 10.6 Å². The summed E-state index contributed by atoms with van der Waals surface area (Å²) in [4.78, 5) is 45.1. The molecule has 7 heteroatoms. The van der Waals surface area contributed by atoms with E-state index in [2.05, 4.69) is 24.1 Å². The van der Waals surface area contributed by atoms with Crippen LogP contribution in [0, 0.1) is 0 Å². The Hall–Kier alpha value is -3.22. The van der Waals surface area contributed by atoms with Crippen molar-refractivity contribution in [2.75, 3.05) is 23.3 Å². The monoisotopic (exact) mass is 406 g/mol. The van der Waals surface area contributed by atoms with Gasteiger partial charge in [0.1, 0.15) is 0 Å². The Morgan fingerprint density at radius 1 is 1.20 bits per heavy atom. The van der Waals surface area contributed by atoms with Crippen LogP contribution in [0.2, 0.25) is 0 Å². The third kappa shape index (κ3) is 2.96. The predicted molar refractivity (Wildman–Crippen MR) is 119 cm³/mol. The molecular formula is C23H26N4O3. The first-order chi connectivity index (χ1) is 14.2. The number of rotatable bonds is 4. The number of hydrogen-bond acceptors (Lipinski definition) is 5. The Morgan fingerprint density at radius 3 is 2.53 bits per heavy atom. The zero-order chi connectivity index (χ0) is 21.8. The zero-order valence-corrected chi connectivity index (χ0v) is 18.0. The van der Waals surface area contributed by atoms with Gasteiger partial charge in [-0.1, -0.05) is 13.8 Å². The molecule has 3 aliphatic rings. The van der Waals surface area contributed by atoms with Crippen LogP contribution in [0.15, 0.2) is 29.1 Å². The molecule has 1 amide bonds. The molecule has 30 heavy (non-hydrogen) atoms. The lowest BCUT2D eigenvalue weighted by Gasteiger charge is -2.35. The second kappa shape index (κ2) is 6.93. The Bertz CT molecular complexity index is 1220. The highest BCUT2D eigenvalue weighted by molar-refractivity contribution is 6.00. The standard InChI is InChI=1S/C23H26N4O3/c1-6-26(7-2)14-8-9-15-18(10-14)27-19(29)12-23(4,5)20-21(27)16(25-15)11-17(22(20)30)24-13(3)28/h8-11H,6-7,12H2,1-5H3,(H,24,28). The van der Waals surface area contributed by atoms with E-state index in [0.717, 1.165) is 18.8 Å². The Labute approximate surface area is 175 Å². The van der Waals surface area contributed by atoms with Gasteiger partial charge < -0.3 is 10.2 Å². The number of benzene rings is 2. The van der Waals surface area contributed by atoms with Crippen molar-refractivity contribution in [1.82, 2.24) is 9.55 Å². The van der Waals surface area contributed by atoms with Crippen molar-refractivity contribution in [2.45, 2.75) is 46.5 Å². The zero-order valence-electron chi connectivity index (χ0n) is 18.0. The van der Waals surface area contributed by atoms with Crippen LogP contribution in [0.4, 0.5) is 11.4 Å². The smallest absolute Gasteiger partial charge is 0.232 e. The number of aromatic nitrogens is 2. The van der Waals surface area contributed by atoms with Gasteiger partial charge in [-0.15, -0.1) is 0 Å². The number of nitrogens with zero attached hydrogens (tertiary/aromatic N) is 3. The molecule has 7 nitrogen and oxygen atoms in total. The molecule has 0 bridgehead atoms. The van der Waals surface area contributed by atoms with Crippen LogP contribution in [-0.4, -0.2) is 34.5 Å². The minimum absolute atomic E-state index is 0.0618. The molecule has 0 spiro atoms. The molecule has 0 radical (unpaired) electrons. The van der Waals surface area contributed by atoms with E-state index in [0.29, 0.717) is 28.0 Å². The van der Waals surface area contributed by atoms with Crippen LogP contribution in [0.25, 0.3) is 22.4 Å². The first-order valence-corrected chi connectivity index (χ1v) is 10.3. The fourth-order valence-electron chi connectivity index (χ4n) is 4.49. The van der Waals surface area contributed by atoms with Gasteiger partial charge in [-0.25, -0.2) is 4.98 Å². The molecule has 2 heterocycles. The highest BCUT2D eigenvalue weighted by Gasteiger charge is 2.39. The molecule has 0 atom stereocenters. The van der Waals surface area contributed by atoms with E-state index in [4.69, 9.17) is 4.98 Å². The topological polar surface area (TPSA) is 84.3 Å². The minimum atomic E-state index is -0.660. The fourth-order valence-corrected chi connectivity index (χ4v) is 4.49. The molecule has 1 N–H and O–H groups in total. The molecule has 0 saturated carbocycles. The molecule has 1 aromatic carbocycles. The fraction of sp³-hybridized carbons (Fsp3) is 0.391. The van der Waals surface area contributed by atoms with E-state index < -0.39 is 5.41 Å². The second-order valence-electron chi connectivity index (χ2n) is 8.42. The van der Waals surface area contributed by atoms with Crippen LogP contribution in [0.1, 0.15) is 51.4 Å². The first-order valence-electron chi connectivity index (χ1n) is 10.3. The van der Waals surface area contributed by atoms with E-state index in [-0.39, 0.29) is 29.4 Å². The maximum Gasteiger partial charge on any atom is 0.232 e. The number of fused-ring (bicyclic) bond motifs is 2. The maximum atomic E-state index is 13.3. The normalized spacial score (nSPS) is 14.9. The molecule has 2 aliphatic heterocycles. The molecule has 0 fully saturated rings. The SMILES string of the molecule is CCN(CC)c1ccc2nc3cc(NC(C)=O)c(=O)c4c-3n(c2c1)C(=O)CC4(C)C. The summed E-state index contributed by atoms with van der Waals surface area (Å²) < 4.78 is 1.64. The van der Waals surface area contributed by atoms with Crippen LogP contribution < -0.4 is 15.6 Å². The molecule has 4 rings (SSSR count). The first kappa shape index (κ1) is 20.1. The number of hydrogen-bond donors (Lipinski definition) is 1. The van der Waals surface area contributed by atoms with Crippen LogP contribution in [0.3, 0.4) is 0 Å². The molecule has 0 aromatic heterocycles. The van der Waals surface area contributed by atoms with Crippen molar-refractivity contribution in [2.24, 2.45) is 0 Å². The summed E-state index contributed by atoms with van der Waals surface area (Å²) in [6, 6.07) is 7.45. The molecular weight excluding hydrogens is 380 g/mol. The lowest BCUT2D eigenvalue weighted by Crippen LogP contribution is -2.39. The van der Waals surface area contributed by atoms with Gasteiger partial charge in [0.2, 0.25) is 17.2 Å². The summed E-state index contributed by atoms with van der Waals surface area (Å²) in [5.74, 6) is -0.380. The second-order valence-corrected chi connectivity index (χ2v) is 8.42. The number of carbonyl (C=O) groups is 2. The quantitative estimate of drug-likeness (QED) is 0.669.